The first kappa shape index (κ1) is 21.8. The number of ether oxygens (including phenoxy) is 3. The van der Waals surface area contributed by atoms with Gasteiger partial charge in [0.15, 0.2) is 18.1 Å². The van der Waals surface area contributed by atoms with Crippen LogP contribution >= 0.6 is 27.5 Å². The highest BCUT2D eigenvalue weighted by Crippen LogP contribution is 2.34. The molecule has 0 unspecified atom stereocenters. The molecule has 1 amide bonds. The van der Waals surface area contributed by atoms with E-state index < -0.39 is 4.92 Å². The van der Waals surface area contributed by atoms with Gasteiger partial charge in [0.2, 0.25) is 0 Å². The van der Waals surface area contributed by atoms with Gasteiger partial charge in [0.05, 0.1) is 29.7 Å². The van der Waals surface area contributed by atoms with Crippen molar-refractivity contribution in [1.82, 2.24) is 5.32 Å². The Kier molecular flexibility index (Phi) is 7.89. The van der Waals surface area contributed by atoms with Gasteiger partial charge < -0.3 is 19.5 Å². The summed E-state index contributed by atoms with van der Waals surface area (Å²) >= 11 is 9.15. The second-order valence-corrected chi connectivity index (χ2v) is 6.85. The summed E-state index contributed by atoms with van der Waals surface area (Å²) in [6.07, 6.45) is 0.243. The Hall–Kier alpha value is -2.52. The van der Waals surface area contributed by atoms with Crippen molar-refractivity contribution in [2.24, 2.45) is 0 Å². The smallest absolute Gasteiger partial charge is 0.276 e. The van der Waals surface area contributed by atoms with Gasteiger partial charge in [-0.1, -0.05) is 11.6 Å². The molecule has 2 aromatic carbocycles. The van der Waals surface area contributed by atoms with Crippen LogP contribution in [-0.4, -0.2) is 38.2 Å². The summed E-state index contributed by atoms with van der Waals surface area (Å²) in [5.74, 6) is 0.773. The van der Waals surface area contributed by atoms with Crippen LogP contribution in [-0.2, 0) is 11.2 Å². The van der Waals surface area contributed by atoms with E-state index in [4.69, 9.17) is 25.8 Å². The van der Waals surface area contributed by atoms with E-state index in [0.29, 0.717) is 26.6 Å². The molecule has 0 aliphatic heterocycles. The van der Waals surface area contributed by atoms with Crippen molar-refractivity contribution < 1.29 is 23.9 Å². The van der Waals surface area contributed by atoms with Gasteiger partial charge in [0.25, 0.3) is 11.6 Å². The van der Waals surface area contributed by atoms with Gasteiger partial charge in [0, 0.05) is 17.1 Å². The normalized spacial score (nSPS) is 10.3. The zero-order chi connectivity index (χ0) is 20.7. The van der Waals surface area contributed by atoms with Crippen molar-refractivity contribution in [3.63, 3.8) is 0 Å². The fraction of sp³-hybridized carbons (Fsp3) is 0.278. The number of benzene rings is 2. The molecule has 10 heteroatoms. The Morgan fingerprint density at radius 3 is 2.46 bits per heavy atom. The predicted octanol–water partition coefficient (Wildman–Crippen LogP) is 3.77. The fourth-order valence-corrected chi connectivity index (χ4v) is 3.20. The van der Waals surface area contributed by atoms with E-state index >= 15 is 0 Å². The van der Waals surface area contributed by atoms with E-state index in [2.05, 4.69) is 21.2 Å². The molecule has 0 aromatic heterocycles. The lowest BCUT2D eigenvalue weighted by Gasteiger charge is -2.11. The van der Waals surface area contributed by atoms with Crippen LogP contribution in [0.3, 0.4) is 0 Å². The van der Waals surface area contributed by atoms with E-state index in [0.717, 1.165) is 0 Å². The third kappa shape index (κ3) is 5.74. The van der Waals surface area contributed by atoms with Crippen LogP contribution in [0.15, 0.2) is 34.8 Å². The number of amides is 1. The molecule has 2 rings (SSSR count). The van der Waals surface area contributed by atoms with Crippen molar-refractivity contribution in [1.29, 1.82) is 0 Å². The third-order valence-electron chi connectivity index (χ3n) is 3.75. The maximum absolute atomic E-state index is 12.0. The molecule has 0 fully saturated rings. The number of methoxy groups -OCH3 is 2. The molecule has 0 spiro atoms. The number of halogens is 2. The van der Waals surface area contributed by atoms with Crippen LogP contribution in [0.5, 0.6) is 17.2 Å². The first-order chi connectivity index (χ1) is 13.3. The van der Waals surface area contributed by atoms with Gasteiger partial charge in [-0.25, -0.2) is 0 Å². The Morgan fingerprint density at radius 1 is 1.18 bits per heavy atom. The summed E-state index contributed by atoms with van der Waals surface area (Å²) in [7, 11) is 2.85. The van der Waals surface area contributed by atoms with E-state index in [1.54, 1.807) is 18.2 Å². The summed E-state index contributed by atoms with van der Waals surface area (Å²) in [6, 6.07) is 7.79. The summed E-state index contributed by atoms with van der Waals surface area (Å²) in [6.45, 7) is -0.00539. The number of nitro groups is 1. The minimum absolute atomic E-state index is 0.103. The molecular weight excluding hydrogens is 456 g/mol. The summed E-state index contributed by atoms with van der Waals surface area (Å²) in [5.41, 5.74) is 0.317. The van der Waals surface area contributed by atoms with Crippen LogP contribution in [0.2, 0.25) is 5.02 Å². The molecule has 0 aliphatic rings. The molecular formula is C18H18BrClN2O6. The molecule has 1 N–H and O–H groups in total. The predicted molar refractivity (Wildman–Crippen MR) is 108 cm³/mol. The Bertz CT molecular complexity index is 877. The number of carbonyl (C=O) groups is 1. The van der Waals surface area contributed by atoms with Crippen molar-refractivity contribution in [3.8, 4) is 17.2 Å². The van der Waals surface area contributed by atoms with Gasteiger partial charge in [-0.15, -0.1) is 0 Å². The number of nitrogens with zero attached hydrogens (tertiary/aromatic N) is 1. The Morgan fingerprint density at radius 2 is 1.86 bits per heavy atom. The standard InChI is InChI=1S/C18H18BrClN2O6/c1-26-16-7-11(14(22(24)25)9-17(16)27-2)5-6-21-18(23)10-28-15-4-3-12(20)8-13(15)19/h3-4,7-9H,5-6,10H2,1-2H3,(H,21,23). The number of hydrogen-bond acceptors (Lipinski definition) is 6. The van der Waals surface area contributed by atoms with Gasteiger partial charge in [-0.2, -0.15) is 0 Å². The molecule has 0 aliphatic carbocycles. The van der Waals surface area contributed by atoms with Crippen molar-refractivity contribution >= 4 is 39.1 Å². The lowest BCUT2D eigenvalue weighted by molar-refractivity contribution is -0.385. The third-order valence-corrected chi connectivity index (χ3v) is 4.61. The highest BCUT2D eigenvalue weighted by Gasteiger charge is 2.19. The largest absolute Gasteiger partial charge is 0.493 e. The summed E-state index contributed by atoms with van der Waals surface area (Å²) < 4.78 is 16.3. The molecule has 2 aromatic rings. The average molecular weight is 474 g/mol. The number of hydrogen-bond donors (Lipinski definition) is 1. The van der Waals surface area contributed by atoms with E-state index in [-0.39, 0.29) is 36.9 Å². The molecule has 0 atom stereocenters. The highest BCUT2D eigenvalue weighted by atomic mass is 79.9. The second-order valence-electron chi connectivity index (χ2n) is 5.56. The van der Waals surface area contributed by atoms with Crippen molar-refractivity contribution in [3.05, 3.63) is 55.5 Å². The molecule has 0 heterocycles. The minimum atomic E-state index is -0.500. The molecule has 0 radical (unpaired) electrons. The van der Waals surface area contributed by atoms with Gasteiger partial charge in [-0.3, -0.25) is 14.9 Å². The number of nitro benzene ring substituents is 1. The SMILES string of the molecule is COc1cc(CCNC(=O)COc2ccc(Cl)cc2Br)c([N+](=O)[O-])cc1OC. The first-order valence-corrected chi connectivity index (χ1v) is 9.26. The highest BCUT2D eigenvalue weighted by molar-refractivity contribution is 9.10. The topological polar surface area (TPSA) is 99.9 Å². The average Bonchev–Trinajstić information content (AvgIpc) is 2.66. The van der Waals surface area contributed by atoms with Crippen LogP contribution in [0.1, 0.15) is 5.56 Å². The first-order valence-electron chi connectivity index (χ1n) is 8.09. The van der Waals surface area contributed by atoms with Crippen LogP contribution < -0.4 is 19.5 Å². The quantitative estimate of drug-likeness (QED) is 0.440. The zero-order valence-corrected chi connectivity index (χ0v) is 17.5. The summed E-state index contributed by atoms with van der Waals surface area (Å²) in [4.78, 5) is 22.8. The van der Waals surface area contributed by atoms with E-state index in [1.807, 2.05) is 0 Å². The lowest BCUT2D eigenvalue weighted by Crippen LogP contribution is -2.30. The maximum atomic E-state index is 12.0. The second kappa shape index (κ2) is 10.1. The Balaban J connectivity index is 1.94. The summed E-state index contributed by atoms with van der Waals surface area (Å²) in [5, 5.41) is 14.5. The van der Waals surface area contributed by atoms with Gasteiger partial charge in [-0.05, 0) is 46.6 Å². The number of nitrogens with one attached hydrogen (secondary N) is 1. The van der Waals surface area contributed by atoms with E-state index in [9.17, 15) is 14.9 Å². The van der Waals surface area contributed by atoms with Crippen LogP contribution in [0.4, 0.5) is 5.69 Å². The Labute approximate surface area is 175 Å². The minimum Gasteiger partial charge on any atom is -0.493 e. The lowest BCUT2D eigenvalue weighted by atomic mass is 10.1. The van der Waals surface area contributed by atoms with Gasteiger partial charge in [0.1, 0.15) is 5.75 Å². The monoisotopic (exact) mass is 472 g/mol. The molecule has 8 nitrogen and oxygen atoms in total. The molecule has 150 valence electrons. The van der Waals surface area contributed by atoms with Crippen molar-refractivity contribution in [2.45, 2.75) is 6.42 Å². The molecule has 0 saturated heterocycles. The number of rotatable bonds is 9. The maximum Gasteiger partial charge on any atom is 0.276 e. The molecule has 0 saturated carbocycles. The van der Waals surface area contributed by atoms with Crippen LogP contribution in [0.25, 0.3) is 0 Å². The molecule has 28 heavy (non-hydrogen) atoms. The van der Waals surface area contributed by atoms with E-state index in [1.165, 1.54) is 26.4 Å². The zero-order valence-electron chi connectivity index (χ0n) is 15.2. The van der Waals surface area contributed by atoms with Crippen LogP contribution in [0, 0.1) is 10.1 Å². The molecule has 0 bridgehead atoms. The fourth-order valence-electron chi connectivity index (χ4n) is 2.40. The number of carbonyl (C=O) groups excluding carboxylic acids is 1. The van der Waals surface area contributed by atoms with Crippen molar-refractivity contribution in [2.75, 3.05) is 27.4 Å². The van der Waals surface area contributed by atoms with Gasteiger partial charge >= 0.3 is 0 Å².